The van der Waals surface area contributed by atoms with Crippen LogP contribution < -0.4 is 0 Å². The molecular formula is C16H21Cl. The molecule has 0 aromatic heterocycles. The smallest absolute Gasteiger partial charge is 0.0260 e. The van der Waals surface area contributed by atoms with E-state index < -0.39 is 0 Å². The van der Waals surface area contributed by atoms with Crippen LogP contribution in [0.1, 0.15) is 24.0 Å². The van der Waals surface area contributed by atoms with Gasteiger partial charge >= 0.3 is 0 Å². The average Bonchev–Trinajstić information content (AvgIpc) is 2.32. The molecule has 1 aromatic carbocycles. The quantitative estimate of drug-likeness (QED) is 0.484. The van der Waals surface area contributed by atoms with Crippen molar-refractivity contribution in [2.24, 2.45) is 0 Å². The van der Waals surface area contributed by atoms with Crippen molar-refractivity contribution < 1.29 is 0 Å². The second kappa shape index (κ2) is 8.83. The molecule has 1 rings (SSSR count). The SMILES string of the molecule is C=C.C=C(CCCl)CC(=C)c1ccc(C)cc1. The number of hydrogen-bond donors (Lipinski definition) is 0. The lowest BCUT2D eigenvalue weighted by atomic mass is 9.98. The molecule has 0 heterocycles. The molecular weight excluding hydrogens is 228 g/mol. The first-order chi connectivity index (χ1) is 8.13. The number of hydrogen-bond acceptors (Lipinski definition) is 0. The molecule has 1 aromatic rings. The predicted molar refractivity (Wildman–Crippen MR) is 80.6 cm³/mol. The average molecular weight is 249 g/mol. The molecule has 0 nitrogen and oxygen atoms in total. The Morgan fingerprint density at radius 2 is 1.65 bits per heavy atom. The van der Waals surface area contributed by atoms with Crippen molar-refractivity contribution in [3.63, 3.8) is 0 Å². The maximum absolute atomic E-state index is 5.66. The minimum atomic E-state index is 0.639. The predicted octanol–water partition coefficient (Wildman–Crippen LogP) is 5.39. The fourth-order valence-corrected chi connectivity index (χ4v) is 1.68. The zero-order chi connectivity index (χ0) is 13.3. The van der Waals surface area contributed by atoms with Crippen molar-refractivity contribution in [2.75, 3.05) is 5.88 Å². The number of rotatable bonds is 5. The molecule has 0 aliphatic heterocycles. The first-order valence-corrected chi connectivity index (χ1v) is 6.14. The zero-order valence-electron chi connectivity index (χ0n) is 10.6. The van der Waals surface area contributed by atoms with Crippen LogP contribution in [0.4, 0.5) is 0 Å². The summed E-state index contributed by atoms with van der Waals surface area (Å²) < 4.78 is 0. The summed E-state index contributed by atoms with van der Waals surface area (Å²) in [5.41, 5.74) is 4.73. The van der Waals surface area contributed by atoms with E-state index in [1.54, 1.807) is 0 Å². The van der Waals surface area contributed by atoms with E-state index in [0.29, 0.717) is 5.88 Å². The normalized spacial score (nSPS) is 9.06. The molecule has 0 radical (unpaired) electrons. The van der Waals surface area contributed by atoms with Gasteiger partial charge in [0.15, 0.2) is 0 Å². The van der Waals surface area contributed by atoms with Gasteiger partial charge in [0.2, 0.25) is 0 Å². The van der Waals surface area contributed by atoms with Gasteiger partial charge in [0.05, 0.1) is 0 Å². The second-order valence-electron chi connectivity index (χ2n) is 3.84. The lowest BCUT2D eigenvalue weighted by molar-refractivity contribution is 1.06. The molecule has 1 heteroatoms. The first kappa shape index (κ1) is 15.7. The summed E-state index contributed by atoms with van der Waals surface area (Å²) in [5, 5.41) is 0. The molecule has 0 unspecified atom stereocenters. The molecule has 0 N–H and O–H groups in total. The topological polar surface area (TPSA) is 0 Å². The van der Waals surface area contributed by atoms with Gasteiger partial charge in [-0.3, -0.25) is 0 Å². The minimum Gasteiger partial charge on any atom is -0.126 e. The van der Waals surface area contributed by atoms with E-state index >= 15 is 0 Å². The van der Waals surface area contributed by atoms with Crippen LogP contribution >= 0.6 is 11.6 Å². The summed E-state index contributed by atoms with van der Waals surface area (Å²) in [5.74, 6) is 0.639. The second-order valence-corrected chi connectivity index (χ2v) is 4.21. The van der Waals surface area contributed by atoms with Crippen LogP contribution in [0.2, 0.25) is 0 Å². The van der Waals surface area contributed by atoms with Gasteiger partial charge in [0.1, 0.15) is 0 Å². The van der Waals surface area contributed by atoms with Crippen LogP contribution in [0.3, 0.4) is 0 Å². The Kier molecular flexibility index (Phi) is 8.17. The maximum atomic E-state index is 5.66. The molecule has 0 aliphatic carbocycles. The monoisotopic (exact) mass is 248 g/mol. The van der Waals surface area contributed by atoms with Crippen LogP contribution in [0.15, 0.2) is 56.2 Å². The van der Waals surface area contributed by atoms with Crippen LogP contribution in [0, 0.1) is 6.92 Å². The van der Waals surface area contributed by atoms with Gasteiger partial charge in [-0.2, -0.15) is 0 Å². The lowest BCUT2D eigenvalue weighted by Gasteiger charge is -2.08. The van der Waals surface area contributed by atoms with Gasteiger partial charge in [-0.1, -0.05) is 48.6 Å². The molecule has 0 spiro atoms. The van der Waals surface area contributed by atoms with Crippen molar-refractivity contribution in [1.82, 2.24) is 0 Å². The van der Waals surface area contributed by atoms with Crippen molar-refractivity contribution >= 4 is 17.2 Å². The third kappa shape index (κ3) is 6.13. The summed E-state index contributed by atoms with van der Waals surface area (Å²) in [6, 6.07) is 8.41. The van der Waals surface area contributed by atoms with E-state index in [1.807, 2.05) is 0 Å². The molecule has 0 bridgehead atoms. The van der Waals surface area contributed by atoms with E-state index in [0.717, 1.165) is 24.0 Å². The van der Waals surface area contributed by atoms with Crippen molar-refractivity contribution in [2.45, 2.75) is 19.8 Å². The summed E-state index contributed by atoms with van der Waals surface area (Å²) in [7, 11) is 0. The summed E-state index contributed by atoms with van der Waals surface area (Å²) in [6.45, 7) is 16.1. The number of aryl methyl sites for hydroxylation is 1. The molecule has 0 aliphatic rings. The zero-order valence-corrected chi connectivity index (χ0v) is 11.4. The van der Waals surface area contributed by atoms with Gasteiger partial charge in [0.25, 0.3) is 0 Å². The Morgan fingerprint density at radius 1 is 1.12 bits per heavy atom. The van der Waals surface area contributed by atoms with Crippen LogP contribution in [0.5, 0.6) is 0 Å². The van der Waals surface area contributed by atoms with Crippen molar-refractivity contribution in [1.29, 1.82) is 0 Å². The fourth-order valence-electron chi connectivity index (χ4n) is 1.42. The van der Waals surface area contributed by atoms with Gasteiger partial charge in [-0.05, 0) is 30.9 Å². The van der Waals surface area contributed by atoms with Gasteiger partial charge < -0.3 is 0 Å². The summed E-state index contributed by atoms with van der Waals surface area (Å²) in [4.78, 5) is 0. The highest BCUT2D eigenvalue weighted by molar-refractivity contribution is 6.18. The van der Waals surface area contributed by atoms with E-state index in [2.05, 4.69) is 57.5 Å². The van der Waals surface area contributed by atoms with E-state index in [4.69, 9.17) is 11.6 Å². The number of allylic oxidation sites excluding steroid dienone is 2. The Bertz CT molecular complexity index is 360. The van der Waals surface area contributed by atoms with E-state index in [1.165, 1.54) is 11.1 Å². The molecule has 0 fully saturated rings. The Balaban J connectivity index is 0.00000121. The molecule has 17 heavy (non-hydrogen) atoms. The Hall–Kier alpha value is -1.27. The van der Waals surface area contributed by atoms with Crippen LogP contribution in [-0.2, 0) is 0 Å². The highest BCUT2D eigenvalue weighted by Gasteiger charge is 2.01. The van der Waals surface area contributed by atoms with Crippen molar-refractivity contribution in [3.8, 4) is 0 Å². The minimum absolute atomic E-state index is 0.639. The highest BCUT2D eigenvalue weighted by Crippen LogP contribution is 2.21. The summed E-state index contributed by atoms with van der Waals surface area (Å²) in [6.07, 6.45) is 1.71. The third-order valence-corrected chi connectivity index (χ3v) is 2.56. The van der Waals surface area contributed by atoms with Crippen molar-refractivity contribution in [3.05, 3.63) is 67.3 Å². The largest absolute Gasteiger partial charge is 0.126 e. The first-order valence-electron chi connectivity index (χ1n) is 5.61. The standard InChI is InChI=1S/C14H17Cl.C2H4/c1-11-4-6-14(7-5-11)13(3)10-12(2)8-9-15;1-2/h4-7H,2-3,8-10H2,1H3;1-2H2. The molecule has 0 saturated carbocycles. The molecule has 92 valence electrons. The Morgan fingerprint density at radius 3 is 2.12 bits per heavy atom. The van der Waals surface area contributed by atoms with Gasteiger partial charge in [-0.25, -0.2) is 0 Å². The number of halogens is 1. The number of benzene rings is 1. The van der Waals surface area contributed by atoms with E-state index in [9.17, 15) is 0 Å². The van der Waals surface area contributed by atoms with Gasteiger partial charge in [-0.15, -0.1) is 24.8 Å². The lowest BCUT2D eigenvalue weighted by Crippen LogP contribution is -1.88. The molecule has 0 amide bonds. The highest BCUT2D eigenvalue weighted by atomic mass is 35.5. The number of alkyl halides is 1. The maximum Gasteiger partial charge on any atom is 0.0260 e. The van der Waals surface area contributed by atoms with Crippen LogP contribution in [0.25, 0.3) is 5.57 Å². The van der Waals surface area contributed by atoms with Crippen LogP contribution in [-0.4, -0.2) is 5.88 Å². The summed E-state index contributed by atoms with van der Waals surface area (Å²) >= 11 is 5.66. The van der Waals surface area contributed by atoms with Gasteiger partial charge in [0, 0.05) is 5.88 Å². The third-order valence-electron chi connectivity index (χ3n) is 2.37. The Labute approximate surface area is 110 Å². The fraction of sp³-hybridized carbons (Fsp3) is 0.250. The molecule has 0 atom stereocenters. The molecule has 0 saturated heterocycles. The van der Waals surface area contributed by atoms with E-state index in [-0.39, 0.29) is 0 Å².